The van der Waals surface area contributed by atoms with Crippen LogP contribution < -0.4 is 4.74 Å². The van der Waals surface area contributed by atoms with Crippen molar-refractivity contribution in [3.05, 3.63) is 59.2 Å². The van der Waals surface area contributed by atoms with E-state index in [9.17, 15) is 9.90 Å². The number of Topliss-reactive ketones (excluding diaryl/α,β-unsaturated/α-hetero) is 1. The Morgan fingerprint density at radius 2 is 1.97 bits per heavy atom. The summed E-state index contributed by atoms with van der Waals surface area (Å²) in [6.45, 7) is 2.93. The topological polar surface area (TPSA) is 55.8 Å². The van der Waals surface area contributed by atoms with E-state index in [1.165, 1.54) is 30.5 Å². The van der Waals surface area contributed by atoms with Gasteiger partial charge < -0.3 is 19.1 Å². The zero-order chi connectivity index (χ0) is 23.8. The molecular weight excluding hydrogens is 438 g/mol. The molecule has 0 radical (unpaired) electrons. The van der Waals surface area contributed by atoms with Gasteiger partial charge in [0.15, 0.2) is 23.4 Å². The summed E-state index contributed by atoms with van der Waals surface area (Å²) in [5.41, 5.74) is 2.76. The summed E-state index contributed by atoms with van der Waals surface area (Å²) in [6, 6.07) is 14.8. The fraction of sp³-hybridized carbons (Fsp3) is 0.567. The second kappa shape index (κ2) is 7.57. The van der Waals surface area contributed by atoms with Gasteiger partial charge in [-0.15, -0.1) is 0 Å². The smallest absolute Gasteiger partial charge is 0.174 e. The van der Waals surface area contributed by atoms with Crippen LogP contribution in [0, 0.1) is 5.92 Å². The fourth-order valence-electron chi connectivity index (χ4n) is 8.38. The van der Waals surface area contributed by atoms with Crippen LogP contribution in [-0.4, -0.2) is 59.9 Å². The van der Waals surface area contributed by atoms with E-state index in [-0.39, 0.29) is 11.5 Å². The zero-order valence-corrected chi connectivity index (χ0v) is 20.7. The van der Waals surface area contributed by atoms with Crippen LogP contribution in [0.1, 0.15) is 55.2 Å². The summed E-state index contributed by atoms with van der Waals surface area (Å²) < 4.78 is 14.6. The van der Waals surface area contributed by atoms with Crippen molar-refractivity contribution in [2.75, 3.05) is 26.7 Å². The number of piperidine rings is 1. The molecule has 5 aliphatic rings. The first-order chi connectivity index (χ1) is 17.0. The number of likely N-dealkylation sites (N-methyl/N-ethyl adjacent to an activating group) is 1. The molecule has 2 aromatic carbocycles. The van der Waals surface area contributed by atoms with Gasteiger partial charge in [-0.25, -0.2) is 0 Å². The van der Waals surface area contributed by atoms with Gasteiger partial charge in [0.1, 0.15) is 11.6 Å². The predicted molar refractivity (Wildman–Crippen MR) is 133 cm³/mol. The van der Waals surface area contributed by atoms with Gasteiger partial charge in [0.05, 0.1) is 25.6 Å². The van der Waals surface area contributed by atoms with Gasteiger partial charge in [-0.05, 0) is 49.3 Å². The lowest BCUT2D eigenvalue weighted by Gasteiger charge is -2.66. The van der Waals surface area contributed by atoms with Crippen molar-refractivity contribution < 1.29 is 23.9 Å². The maximum absolute atomic E-state index is 13.4. The highest BCUT2D eigenvalue weighted by Gasteiger charge is 2.77. The molecule has 2 bridgehead atoms. The third-order valence-electron chi connectivity index (χ3n) is 10.0. The van der Waals surface area contributed by atoms with Gasteiger partial charge in [0.2, 0.25) is 0 Å². The van der Waals surface area contributed by atoms with E-state index in [2.05, 4.69) is 43.4 Å². The van der Waals surface area contributed by atoms with Gasteiger partial charge in [0.25, 0.3) is 0 Å². The van der Waals surface area contributed by atoms with Crippen molar-refractivity contribution in [1.82, 2.24) is 0 Å². The fourth-order valence-corrected chi connectivity index (χ4v) is 8.38. The third-order valence-corrected chi connectivity index (χ3v) is 10.0. The number of carbonyl (C=O) groups is 1. The van der Waals surface area contributed by atoms with Crippen LogP contribution in [0.4, 0.5) is 0 Å². The largest absolute Gasteiger partial charge is 0.504 e. The standard InChI is InChI=1S/C30H35NO4/c1-31(19-21-9-10-21)16-15-29-26-22-11-12-23(32)27(26)35-28(29)24(33)13-14-30(29,25(31)18-22)34-17-5-8-20-6-3-2-4-7-20/h2-4,6-7,11-12,21,25,28H,5,8-10,13-19H2,1H3/p+1/t25-,28+,29+,30-,31?/m1/s1. The first-order valence-electron chi connectivity index (χ1n) is 13.5. The van der Waals surface area contributed by atoms with E-state index in [4.69, 9.17) is 9.47 Å². The summed E-state index contributed by atoms with van der Waals surface area (Å²) in [5.74, 6) is 1.71. The summed E-state index contributed by atoms with van der Waals surface area (Å²) in [7, 11) is 2.44. The molecule has 5 atom stereocenters. The Kier molecular flexibility index (Phi) is 4.73. The Morgan fingerprint density at radius 3 is 2.77 bits per heavy atom. The van der Waals surface area contributed by atoms with Crippen LogP contribution in [0.3, 0.4) is 0 Å². The number of aromatic hydroxyl groups is 1. The number of hydrogen-bond donors (Lipinski definition) is 1. The highest BCUT2D eigenvalue weighted by Crippen LogP contribution is 2.67. The van der Waals surface area contributed by atoms with Gasteiger partial charge >= 0.3 is 0 Å². The third kappa shape index (κ3) is 2.97. The molecule has 1 saturated heterocycles. The summed E-state index contributed by atoms with van der Waals surface area (Å²) in [5, 5.41) is 10.8. The number of nitrogens with zero attached hydrogens (tertiary/aromatic N) is 1. The number of phenols is 1. The average Bonchev–Trinajstić information content (AvgIpc) is 3.59. The van der Waals surface area contributed by atoms with Gasteiger partial charge in [-0.1, -0.05) is 36.4 Å². The molecule has 184 valence electrons. The highest BCUT2D eigenvalue weighted by molar-refractivity contribution is 5.90. The van der Waals surface area contributed by atoms with E-state index in [1.807, 2.05) is 0 Å². The van der Waals surface area contributed by atoms with Crippen LogP contribution in [-0.2, 0) is 27.8 Å². The molecule has 3 aliphatic carbocycles. The molecule has 5 heteroatoms. The van der Waals surface area contributed by atoms with Crippen LogP contribution in [0.25, 0.3) is 0 Å². The molecule has 2 saturated carbocycles. The molecule has 1 N–H and O–H groups in total. The molecule has 2 heterocycles. The molecular formula is C30H36NO4+. The van der Waals surface area contributed by atoms with Crippen molar-refractivity contribution in [3.8, 4) is 11.5 Å². The second-order valence-electron chi connectivity index (χ2n) is 12.0. The number of ketones is 1. The quantitative estimate of drug-likeness (QED) is 0.480. The van der Waals surface area contributed by atoms with Crippen molar-refractivity contribution in [1.29, 1.82) is 0 Å². The van der Waals surface area contributed by atoms with Gasteiger partial charge in [-0.3, -0.25) is 4.79 Å². The number of hydrogen-bond acceptors (Lipinski definition) is 4. The highest BCUT2D eigenvalue weighted by atomic mass is 16.5. The summed E-state index contributed by atoms with van der Waals surface area (Å²) in [4.78, 5) is 13.4. The van der Waals surface area contributed by atoms with Crippen LogP contribution >= 0.6 is 0 Å². The molecule has 1 spiro atoms. The first-order valence-corrected chi connectivity index (χ1v) is 13.5. The zero-order valence-electron chi connectivity index (χ0n) is 20.7. The normalized spacial score (nSPS) is 36.5. The number of benzene rings is 2. The summed E-state index contributed by atoms with van der Waals surface area (Å²) >= 11 is 0. The SMILES string of the molecule is C[N+]1(CC2CC2)CC[C@]23c4c5ccc(O)c4O[C@H]2C(=O)CC[C@@]3(OCCCc2ccccc2)[C@H]1C5. The minimum Gasteiger partial charge on any atom is -0.504 e. The van der Waals surface area contributed by atoms with E-state index in [1.54, 1.807) is 6.07 Å². The Hall–Kier alpha value is -2.37. The molecule has 35 heavy (non-hydrogen) atoms. The van der Waals surface area contributed by atoms with E-state index in [0.29, 0.717) is 24.8 Å². The Bertz CT molecular complexity index is 1180. The maximum Gasteiger partial charge on any atom is 0.174 e. The van der Waals surface area contributed by atoms with Crippen LogP contribution in [0.2, 0.25) is 0 Å². The number of likely N-dealkylation sites (tertiary alicyclic amines) is 1. The molecule has 2 aromatic rings. The lowest BCUT2D eigenvalue weighted by atomic mass is 9.48. The second-order valence-corrected chi connectivity index (χ2v) is 12.0. The predicted octanol–water partition coefficient (Wildman–Crippen LogP) is 4.33. The van der Waals surface area contributed by atoms with Crippen LogP contribution in [0.5, 0.6) is 11.5 Å². The summed E-state index contributed by atoms with van der Waals surface area (Å²) in [6.07, 6.45) is 7.16. The van der Waals surface area contributed by atoms with Crippen molar-refractivity contribution in [2.24, 2.45) is 5.92 Å². The molecule has 5 nitrogen and oxygen atoms in total. The molecule has 0 aromatic heterocycles. The van der Waals surface area contributed by atoms with Crippen molar-refractivity contribution >= 4 is 5.78 Å². The Labute approximate surface area is 207 Å². The first kappa shape index (κ1) is 21.9. The molecule has 3 fully saturated rings. The molecule has 2 aliphatic heterocycles. The lowest BCUT2D eigenvalue weighted by molar-refractivity contribution is -0.950. The minimum absolute atomic E-state index is 0.164. The number of carbonyl (C=O) groups excluding carboxylic acids is 1. The molecule has 7 rings (SSSR count). The average molecular weight is 475 g/mol. The monoisotopic (exact) mass is 474 g/mol. The van der Waals surface area contributed by atoms with Gasteiger partial charge in [0, 0.05) is 37.4 Å². The van der Waals surface area contributed by atoms with Crippen LogP contribution in [0.15, 0.2) is 42.5 Å². The maximum atomic E-state index is 13.4. The Balaban J connectivity index is 1.31. The minimum atomic E-state index is -0.537. The lowest BCUT2D eigenvalue weighted by Crippen LogP contribution is -2.81. The van der Waals surface area contributed by atoms with E-state index >= 15 is 0 Å². The Morgan fingerprint density at radius 1 is 1.14 bits per heavy atom. The van der Waals surface area contributed by atoms with E-state index in [0.717, 1.165) is 54.6 Å². The van der Waals surface area contributed by atoms with Crippen molar-refractivity contribution in [2.45, 2.75) is 74.5 Å². The molecule has 0 amide bonds. The number of rotatable bonds is 7. The number of aryl methyl sites for hydroxylation is 1. The molecule has 1 unspecified atom stereocenters. The number of phenolic OH excluding ortho intramolecular Hbond substituents is 1. The van der Waals surface area contributed by atoms with Crippen molar-refractivity contribution in [3.63, 3.8) is 0 Å². The number of quaternary nitrogens is 1. The van der Waals surface area contributed by atoms with Gasteiger partial charge in [-0.2, -0.15) is 0 Å². The van der Waals surface area contributed by atoms with E-state index < -0.39 is 17.1 Å². The number of ether oxygens (including phenoxy) is 2.